The SMILES string of the molecule is CC.CCC.Cc1ccc(OC(=O)CC(C)C)c(C(=O)Nc2ccc(C(F)(F)F)cc2Cl)c1. The number of hydrogen-bond acceptors (Lipinski definition) is 3. The summed E-state index contributed by atoms with van der Waals surface area (Å²) in [4.78, 5) is 24.6. The highest BCUT2D eigenvalue weighted by Gasteiger charge is 2.31. The minimum atomic E-state index is -4.54. The summed E-state index contributed by atoms with van der Waals surface area (Å²) in [5.74, 6) is -0.990. The van der Waals surface area contributed by atoms with Crippen LogP contribution in [-0.2, 0) is 11.0 Å². The molecule has 0 atom stereocenters. The Morgan fingerprint density at radius 2 is 1.64 bits per heavy atom. The minimum absolute atomic E-state index is 0.0145. The molecule has 2 aromatic carbocycles. The van der Waals surface area contributed by atoms with Crippen molar-refractivity contribution in [1.29, 1.82) is 0 Å². The highest BCUT2D eigenvalue weighted by Crippen LogP contribution is 2.34. The number of benzene rings is 2. The number of hydrogen-bond donors (Lipinski definition) is 1. The number of aryl methyl sites for hydroxylation is 1. The standard InChI is InChI=1S/C20H19ClF3NO3.C3H8.C2H6/c1-11(2)8-18(26)28-17-7-4-12(3)9-14(17)19(27)25-16-6-5-13(10-15(16)21)20(22,23)24;1-3-2;1-2/h4-7,9-11H,8H2,1-3H3,(H,25,27);3H2,1-2H3;1-2H3. The largest absolute Gasteiger partial charge is 0.426 e. The van der Waals surface area contributed by atoms with Crippen molar-refractivity contribution in [1.82, 2.24) is 0 Å². The molecule has 2 rings (SSSR count). The summed E-state index contributed by atoms with van der Waals surface area (Å²) in [5.41, 5.74) is -0.0876. The topological polar surface area (TPSA) is 55.4 Å². The van der Waals surface area contributed by atoms with Gasteiger partial charge in [-0.3, -0.25) is 9.59 Å². The third-order valence-corrected chi connectivity index (χ3v) is 4.04. The molecule has 0 aliphatic rings. The molecular formula is C25H33ClF3NO3. The van der Waals surface area contributed by atoms with Crippen molar-refractivity contribution in [2.45, 2.75) is 67.5 Å². The molecule has 0 heterocycles. The number of nitrogens with one attached hydrogen (secondary N) is 1. The van der Waals surface area contributed by atoms with Gasteiger partial charge in [-0.25, -0.2) is 0 Å². The lowest BCUT2D eigenvalue weighted by atomic mass is 10.1. The molecule has 0 aromatic heterocycles. The molecule has 0 aliphatic heterocycles. The van der Waals surface area contributed by atoms with Crippen LogP contribution in [0.1, 0.15) is 75.9 Å². The molecule has 184 valence electrons. The van der Waals surface area contributed by atoms with E-state index >= 15 is 0 Å². The van der Waals surface area contributed by atoms with Gasteiger partial charge in [-0.1, -0.05) is 71.2 Å². The van der Waals surface area contributed by atoms with Crippen LogP contribution >= 0.6 is 11.6 Å². The average molecular weight is 488 g/mol. The van der Waals surface area contributed by atoms with E-state index in [9.17, 15) is 22.8 Å². The van der Waals surface area contributed by atoms with E-state index in [-0.39, 0.29) is 34.4 Å². The van der Waals surface area contributed by atoms with Gasteiger partial charge < -0.3 is 10.1 Å². The first kappa shape index (κ1) is 30.5. The average Bonchev–Trinajstić information content (AvgIpc) is 2.71. The molecule has 1 N–H and O–H groups in total. The number of anilines is 1. The van der Waals surface area contributed by atoms with Crippen molar-refractivity contribution in [3.8, 4) is 5.75 Å². The third-order valence-electron chi connectivity index (χ3n) is 3.72. The second-order valence-electron chi connectivity index (χ2n) is 7.43. The molecule has 0 spiro atoms. The second kappa shape index (κ2) is 14.6. The van der Waals surface area contributed by atoms with Gasteiger partial charge in [0.2, 0.25) is 0 Å². The van der Waals surface area contributed by atoms with Gasteiger partial charge in [0, 0.05) is 6.42 Å². The summed E-state index contributed by atoms with van der Waals surface area (Å²) in [6.07, 6.45) is -3.11. The van der Waals surface area contributed by atoms with Gasteiger partial charge in [-0.05, 0) is 43.2 Å². The number of amides is 1. The zero-order valence-electron chi connectivity index (χ0n) is 20.2. The van der Waals surface area contributed by atoms with Crippen molar-refractivity contribution in [3.63, 3.8) is 0 Å². The molecule has 2 aromatic rings. The van der Waals surface area contributed by atoms with Gasteiger partial charge in [-0.2, -0.15) is 13.2 Å². The molecule has 0 saturated heterocycles. The van der Waals surface area contributed by atoms with E-state index in [0.717, 1.165) is 23.8 Å². The molecule has 33 heavy (non-hydrogen) atoms. The first-order valence-corrected chi connectivity index (χ1v) is 11.3. The summed E-state index contributed by atoms with van der Waals surface area (Å²) in [7, 11) is 0. The van der Waals surface area contributed by atoms with Crippen LogP contribution in [0.2, 0.25) is 5.02 Å². The van der Waals surface area contributed by atoms with E-state index < -0.39 is 23.6 Å². The molecule has 0 saturated carbocycles. The fourth-order valence-electron chi connectivity index (χ4n) is 2.39. The van der Waals surface area contributed by atoms with Crippen LogP contribution in [-0.4, -0.2) is 11.9 Å². The highest BCUT2D eigenvalue weighted by molar-refractivity contribution is 6.34. The van der Waals surface area contributed by atoms with Crippen LogP contribution in [0, 0.1) is 12.8 Å². The van der Waals surface area contributed by atoms with E-state index in [4.69, 9.17) is 16.3 Å². The Labute approximate surface area is 199 Å². The molecule has 1 amide bonds. The van der Waals surface area contributed by atoms with E-state index in [1.165, 1.54) is 18.6 Å². The molecule has 0 radical (unpaired) electrons. The first-order valence-electron chi connectivity index (χ1n) is 10.9. The third kappa shape index (κ3) is 10.7. The van der Waals surface area contributed by atoms with Gasteiger partial charge in [-0.15, -0.1) is 0 Å². The van der Waals surface area contributed by atoms with Gasteiger partial charge in [0.25, 0.3) is 5.91 Å². The van der Waals surface area contributed by atoms with Crippen LogP contribution in [0.3, 0.4) is 0 Å². The summed E-state index contributed by atoms with van der Waals surface area (Å²) >= 11 is 5.88. The molecular weight excluding hydrogens is 455 g/mol. The lowest BCUT2D eigenvalue weighted by molar-refractivity contribution is -0.137. The number of ether oxygens (including phenoxy) is 1. The van der Waals surface area contributed by atoms with E-state index in [0.29, 0.717) is 0 Å². The van der Waals surface area contributed by atoms with Crippen molar-refractivity contribution in [3.05, 3.63) is 58.1 Å². The molecule has 0 aliphatic carbocycles. The Morgan fingerprint density at radius 3 is 2.12 bits per heavy atom. The van der Waals surface area contributed by atoms with Crippen molar-refractivity contribution in [2.24, 2.45) is 5.92 Å². The first-order chi connectivity index (χ1) is 15.4. The van der Waals surface area contributed by atoms with E-state index in [2.05, 4.69) is 19.2 Å². The molecule has 8 heteroatoms. The Hall–Kier alpha value is -2.54. The Bertz CT molecular complexity index is 912. The van der Waals surface area contributed by atoms with Crippen LogP contribution < -0.4 is 10.1 Å². The van der Waals surface area contributed by atoms with Crippen molar-refractivity contribution >= 4 is 29.2 Å². The number of carbonyl (C=O) groups excluding carboxylic acids is 2. The zero-order valence-corrected chi connectivity index (χ0v) is 20.9. The van der Waals surface area contributed by atoms with Crippen LogP contribution in [0.15, 0.2) is 36.4 Å². The Morgan fingerprint density at radius 1 is 1.06 bits per heavy atom. The van der Waals surface area contributed by atoms with Gasteiger partial charge >= 0.3 is 12.1 Å². The quantitative estimate of drug-likeness (QED) is 0.340. The van der Waals surface area contributed by atoms with E-state index in [1.54, 1.807) is 13.0 Å². The Kier molecular flexibility index (Phi) is 13.5. The van der Waals surface area contributed by atoms with E-state index in [1.807, 2.05) is 27.7 Å². The van der Waals surface area contributed by atoms with Gasteiger partial charge in [0.1, 0.15) is 5.75 Å². The fraction of sp³-hybridized carbons (Fsp3) is 0.440. The van der Waals surface area contributed by atoms with Gasteiger partial charge in [0.15, 0.2) is 0 Å². The lowest BCUT2D eigenvalue weighted by Gasteiger charge is -2.14. The smallest absolute Gasteiger partial charge is 0.416 e. The summed E-state index contributed by atoms with van der Waals surface area (Å²) < 4.78 is 43.5. The van der Waals surface area contributed by atoms with Crippen molar-refractivity contribution < 1.29 is 27.5 Å². The zero-order chi connectivity index (χ0) is 25.8. The summed E-state index contributed by atoms with van der Waals surface area (Å²) in [5, 5.41) is 2.20. The lowest BCUT2D eigenvalue weighted by Crippen LogP contribution is -2.17. The second-order valence-corrected chi connectivity index (χ2v) is 7.83. The maximum Gasteiger partial charge on any atom is 0.416 e. The maximum atomic E-state index is 12.7. The number of alkyl halides is 3. The molecule has 0 fully saturated rings. The monoisotopic (exact) mass is 487 g/mol. The Balaban J connectivity index is 0.00000189. The van der Waals surface area contributed by atoms with Crippen LogP contribution in [0.4, 0.5) is 18.9 Å². The van der Waals surface area contributed by atoms with Gasteiger partial charge in [0.05, 0.1) is 21.8 Å². The highest BCUT2D eigenvalue weighted by atomic mass is 35.5. The molecule has 0 bridgehead atoms. The normalized spacial score (nSPS) is 10.4. The predicted octanol–water partition coefficient (Wildman–Crippen LogP) is 8.31. The van der Waals surface area contributed by atoms with Crippen LogP contribution in [0.5, 0.6) is 5.75 Å². The predicted molar refractivity (Wildman–Crippen MR) is 128 cm³/mol. The molecule has 4 nitrogen and oxygen atoms in total. The van der Waals surface area contributed by atoms with Crippen molar-refractivity contribution in [2.75, 3.05) is 5.32 Å². The molecule has 0 unspecified atom stereocenters. The number of rotatable bonds is 5. The minimum Gasteiger partial charge on any atom is -0.426 e. The maximum absolute atomic E-state index is 12.7. The summed E-state index contributed by atoms with van der Waals surface area (Å²) in [6.45, 7) is 13.7. The summed E-state index contributed by atoms with van der Waals surface area (Å²) in [6, 6.07) is 7.32. The fourth-order valence-corrected chi connectivity index (χ4v) is 2.62. The number of halogens is 4. The number of esters is 1. The van der Waals surface area contributed by atoms with Crippen LogP contribution in [0.25, 0.3) is 0 Å². The number of carbonyl (C=O) groups is 2.